The van der Waals surface area contributed by atoms with Crippen LogP contribution in [0.1, 0.15) is 0 Å². The van der Waals surface area contributed by atoms with Crippen LogP contribution in [0.2, 0.25) is 0 Å². The number of aromatic hydroxyl groups is 2. The van der Waals surface area contributed by atoms with E-state index in [2.05, 4.69) is 322 Å². The second-order valence-corrected chi connectivity index (χ2v) is 27.9. The fraction of sp³-hybridized carbons (Fsp3) is 0. The smallest absolute Gasteiger partial charge is 0.488 e. The van der Waals surface area contributed by atoms with Crippen molar-refractivity contribution in [3.05, 3.63) is 393 Å². The van der Waals surface area contributed by atoms with E-state index in [1.165, 1.54) is 0 Å². The minimum absolute atomic E-state index is 0.273. The molecular weight excluding hydrogens is 1580 g/mol. The monoisotopic (exact) mass is 1640 g/mol. The van der Waals surface area contributed by atoms with Crippen LogP contribution in [0.3, 0.4) is 0 Å². The number of rotatable bonds is 14. The Morgan fingerprint density at radius 3 is 1.01 bits per heavy atom. The molecule has 15 aromatic carbocycles. The second kappa shape index (κ2) is 33.8. The third-order valence-electron chi connectivity index (χ3n) is 17.1. The van der Waals surface area contributed by atoms with Gasteiger partial charge in [0.25, 0.3) is 0 Å². The van der Waals surface area contributed by atoms with Crippen molar-refractivity contribution in [1.29, 1.82) is 0 Å². The van der Waals surface area contributed by atoms with Gasteiger partial charge in [-0.15, -0.1) is 0 Å². The molecule has 13 heteroatoms. The number of hydrogen-bond acceptors (Lipinski definition) is 8. The molecule has 0 fully saturated rings. The van der Waals surface area contributed by atoms with Gasteiger partial charge in [0.2, 0.25) is 0 Å². The van der Waals surface area contributed by atoms with Crippen molar-refractivity contribution < 1.29 is 24.7 Å². The van der Waals surface area contributed by atoms with Crippen LogP contribution in [0.25, 0.3) is 66.4 Å². The lowest BCUT2D eigenvalue weighted by atomic mass is 9.80. The Kier molecular flexibility index (Phi) is 23.2. The number of hydrogen-bond donors (Lipinski definition) is 4. The van der Waals surface area contributed by atoms with Gasteiger partial charge in [0.1, 0.15) is 22.7 Å². The highest BCUT2D eigenvalue weighted by Gasteiger charge is 2.18. The van der Waals surface area contributed by atoms with Crippen LogP contribution in [0.5, 0.6) is 11.5 Å². The molecule has 0 aliphatic carbocycles. The minimum Gasteiger partial charge on any atom is -0.507 e. The molecule has 0 saturated heterocycles. The summed E-state index contributed by atoms with van der Waals surface area (Å²) in [5, 5.41) is 40.2. The Balaban J connectivity index is 0.000000130. The molecular formula is C90H66BBr3IN3O5. The zero-order chi connectivity index (χ0) is 71.0. The van der Waals surface area contributed by atoms with E-state index in [0.29, 0.717) is 11.2 Å². The number of para-hydroxylation sites is 6. The molecule has 0 bridgehead atoms. The molecule has 0 aliphatic heterocycles. The maximum absolute atomic E-state index is 10.3. The highest BCUT2D eigenvalue weighted by atomic mass is 127. The summed E-state index contributed by atoms with van der Waals surface area (Å²) >= 11 is 12.4. The van der Waals surface area contributed by atoms with Crippen molar-refractivity contribution in [2.45, 2.75) is 0 Å². The molecule has 1 heterocycles. The molecule has 103 heavy (non-hydrogen) atoms. The zero-order valence-corrected chi connectivity index (χ0v) is 62.3. The molecule has 502 valence electrons. The van der Waals surface area contributed by atoms with Crippen molar-refractivity contribution in [3.8, 4) is 56.0 Å². The first-order valence-corrected chi connectivity index (χ1v) is 36.7. The van der Waals surface area contributed by atoms with Crippen molar-refractivity contribution in [2.75, 3.05) is 14.7 Å². The van der Waals surface area contributed by atoms with E-state index in [0.717, 1.165) is 135 Å². The third-order valence-corrected chi connectivity index (χ3v) is 19.5. The molecule has 0 unspecified atom stereocenters. The topological polar surface area (TPSA) is 104 Å². The van der Waals surface area contributed by atoms with E-state index in [9.17, 15) is 15.2 Å². The van der Waals surface area contributed by atoms with Gasteiger partial charge in [-0.2, -0.15) is 0 Å². The lowest BCUT2D eigenvalue weighted by molar-refractivity contribution is 0.425. The van der Waals surface area contributed by atoms with Crippen molar-refractivity contribution in [3.63, 3.8) is 0 Å². The Morgan fingerprint density at radius 1 is 0.262 bits per heavy atom. The Hall–Kier alpha value is -10.7. The molecule has 0 saturated carbocycles. The van der Waals surface area contributed by atoms with Crippen LogP contribution in [-0.4, -0.2) is 27.4 Å². The van der Waals surface area contributed by atoms with Gasteiger partial charge in [0.15, 0.2) is 0 Å². The third kappa shape index (κ3) is 17.6. The number of anilines is 9. The summed E-state index contributed by atoms with van der Waals surface area (Å²) in [6.45, 7) is 0. The molecule has 16 aromatic rings. The lowest BCUT2D eigenvalue weighted by Crippen LogP contribution is -2.29. The zero-order valence-electron chi connectivity index (χ0n) is 55.4. The maximum atomic E-state index is 10.3. The Morgan fingerprint density at radius 2 is 0.602 bits per heavy atom. The molecule has 1 aromatic heterocycles. The van der Waals surface area contributed by atoms with Crippen LogP contribution in [0, 0.1) is 3.57 Å². The first-order chi connectivity index (χ1) is 50.4. The molecule has 0 radical (unpaired) electrons. The average Bonchev–Trinajstić information content (AvgIpc) is 1.75. The molecule has 0 atom stereocenters. The fourth-order valence-corrected chi connectivity index (χ4v) is 13.5. The largest absolute Gasteiger partial charge is 0.507 e. The first kappa shape index (κ1) is 70.7. The number of phenols is 2. The quantitative estimate of drug-likeness (QED) is 0.0631. The normalized spacial score (nSPS) is 10.7. The van der Waals surface area contributed by atoms with Gasteiger partial charge in [-0.05, 0) is 243 Å². The number of halogens is 4. The predicted molar refractivity (Wildman–Crippen MR) is 448 cm³/mol. The second-order valence-electron chi connectivity index (χ2n) is 24.0. The lowest BCUT2D eigenvalue weighted by Gasteiger charge is -2.26. The summed E-state index contributed by atoms with van der Waals surface area (Å²) in [6.07, 6.45) is 0. The summed E-state index contributed by atoms with van der Waals surface area (Å²) < 4.78 is 9.92. The standard InChI is InChI=1S/C30H20BrNO.C30H22BrNO.C24H20BNO2.C6H4BrIO/c31-23-15-17-29-28(20-23)27-16-14-22(19-30(27)33-29)21-8-7-13-26(18-21)32(24-9-3-1-4-10-24)25-11-5-2-6-12-25;31-25-18-19-30(33)29(21-25)23-16-14-22(15-17-23)24-8-7-13-28(20-24)32(26-9-3-1-4-10-26)27-11-5-2-6-12-27;27-25(28)21-16-14-19(15-17-21)20-8-7-13-24(18-20)26(22-9-3-1-4-10-22)23-11-5-2-6-12-23;7-4-1-2-5(8)6(9)3-4/h1-20H;1-21,33H;1-18,27-28H;1-3,9H. The maximum Gasteiger partial charge on any atom is 0.488 e. The van der Waals surface area contributed by atoms with Gasteiger partial charge in [0, 0.05) is 80.9 Å². The predicted octanol–water partition coefficient (Wildman–Crippen LogP) is 25.7. The van der Waals surface area contributed by atoms with E-state index in [1.54, 1.807) is 24.3 Å². The highest BCUT2D eigenvalue weighted by Crippen LogP contribution is 2.42. The van der Waals surface area contributed by atoms with Gasteiger partial charge in [-0.25, -0.2) is 0 Å². The van der Waals surface area contributed by atoms with Crippen molar-refractivity contribution in [2.24, 2.45) is 0 Å². The van der Waals surface area contributed by atoms with Gasteiger partial charge < -0.3 is 39.4 Å². The van der Waals surface area contributed by atoms with Crippen LogP contribution in [0.15, 0.2) is 394 Å². The summed E-state index contributed by atoms with van der Waals surface area (Å²) in [4.78, 5) is 6.76. The van der Waals surface area contributed by atoms with E-state index < -0.39 is 7.12 Å². The molecule has 0 spiro atoms. The van der Waals surface area contributed by atoms with E-state index in [4.69, 9.17) is 9.52 Å². The van der Waals surface area contributed by atoms with E-state index in [-0.39, 0.29) is 5.75 Å². The van der Waals surface area contributed by atoms with Gasteiger partial charge >= 0.3 is 7.12 Å². The van der Waals surface area contributed by atoms with Gasteiger partial charge in [-0.1, -0.05) is 248 Å². The van der Waals surface area contributed by atoms with Crippen LogP contribution >= 0.6 is 70.4 Å². The number of fused-ring (bicyclic) bond motifs is 3. The number of benzene rings is 15. The fourth-order valence-electron chi connectivity index (χ4n) is 12.1. The van der Waals surface area contributed by atoms with Gasteiger partial charge in [-0.3, -0.25) is 0 Å². The summed E-state index contributed by atoms with van der Waals surface area (Å²) in [5.41, 5.74) is 20.6. The number of nitrogens with zero attached hydrogens (tertiary/aromatic N) is 3. The molecule has 16 rings (SSSR count). The SMILES string of the molecule is Brc1ccc2oc3cc(-c4cccc(N(c5ccccc5)c5ccccc5)c4)ccc3c2c1.OB(O)c1ccc(-c2cccc(N(c3ccccc3)c3ccccc3)c2)cc1.Oc1cc(Br)ccc1I.Oc1ccc(Br)cc1-c1ccc(-c2cccc(N(c3ccccc3)c3ccccc3)c2)cc1. The molecule has 0 amide bonds. The number of furan rings is 1. The highest BCUT2D eigenvalue weighted by molar-refractivity contribution is 14.1. The Labute approximate surface area is 639 Å². The van der Waals surface area contributed by atoms with Crippen LogP contribution < -0.4 is 20.2 Å². The van der Waals surface area contributed by atoms with Gasteiger partial charge in [0.05, 0.1) is 3.57 Å². The van der Waals surface area contributed by atoms with Crippen LogP contribution in [-0.2, 0) is 0 Å². The Bertz CT molecular complexity index is 5340. The van der Waals surface area contributed by atoms with Crippen LogP contribution in [0.4, 0.5) is 51.2 Å². The molecule has 4 N–H and O–H groups in total. The van der Waals surface area contributed by atoms with E-state index in [1.807, 2.05) is 115 Å². The molecule has 8 nitrogen and oxygen atoms in total. The minimum atomic E-state index is -1.45. The number of phenolic OH excluding ortho intramolecular Hbond substituents is 2. The summed E-state index contributed by atoms with van der Waals surface area (Å²) in [6, 6.07) is 127. The average molecular weight is 1650 g/mol. The van der Waals surface area contributed by atoms with E-state index >= 15 is 0 Å². The summed E-state index contributed by atoms with van der Waals surface area (Å²) in [5.74, 6) is 0.597. The summed E-state index contributed by atoms with van der Waals surface area (Å²) in [7, 11) is -1.45. The van der Waals surface area contributed by atoms with Crippen molar-refractivity contribution in [1.82, 2.24) is 0 Å². The first-order valence-electron chi connectivity index (χ1n) is 33.2. The molecule has 0 aliphatic rings. The van der Waals surface area contributed by atoms with Crippen molar-refractivity contribution >= 4 is 156 Å².